The van der Waals surface area contributed by atoms with E-state index in [1.807, 2.05) is 66.7 Å². The number of nitrogens with one attached hydrogen (secondary N) is 2. The van der Waals surface area contributed by atoms with Crippen molar-refractivity contribution in [3.63, 3.8) is 0 Å². The molecule has 0 saturated heterocycles. The van der Waals surface area contributed by atoms with Crippen LogP contribution in [0.15, 0.2) is 77.5 Å². The van der Waals surface area contributed by atoms with Gasteiger partial charge >= 0.3 is 0 Å². The van der Waals surface area contributed by atoms with E-state index < -0.39 is 0 Å². The number of rotatable bonds is 5. The number of aromatic nitrogens is 2. The lowest BCUT2D eigenvalue weighted by Gasteiger charge is -2.12. The maximum Gasteiger partial charge on any atom is 0.141 e. The van der Waals surface area contributed by atoms with Crippen LogP contribution in [0.25, 0.3) is 10.9 Å². The van der Waals surface area contributed by atoms with Gasteiger partial charge < -0.3 is 10.6 Å². The normalized spacial score (nSPS) is 10.7. The van der Waals surface area contributed by atoms with Crippen molar-refractivity contribution >= 4 is 55.6 Å². The minimum atomic E-state index is 0.646. The predicted molar refractivity (Wildman–Crippen MR) is 116 cm³/mol. The monoisotopic (exact) mass is 438 g/mol. The zero-order valence-corrected chi connectivity index (χ0v) is 16.6. The molecular formula is C21H16BrClN4. The third-order valence-corrected chi connectivity index (χ3v) is 5.03. The molecule has 0 aliphatic carbocycles. The first-order chi connectivity index (χ1) is 13.2. The van der Waals surface area contributed by atoms with Crippen molar-refractivity contribution in [2.45, 2.75) is 6.54 Å². The van der Waals surface area contributed by atoms with E-state index in [0.717, 1.165) is 43.2 Å². The first-order valence-electron chi connectivity index (χ1n) is 8.44. The lowest BCUT2D eigenvalue weighted by Crippen LogP contribution is -2.01. The van der Waals surface area contributed by atoms with Gasteiger partial charge in [-0.05, 0) is 48.0 Å². The molecule has 0 atom stereocenters. The standard InChI is InChI=1S/C21H16BrClN4/c22-15-5-3-6-17(10-15)27-21-18-11-16(8-9-20(18)25-13-26-21)24-12-14-4-1-2-7-19(14)23/h1-11,13,24H,12H2,(H,25,26,27). The summed E-state index contributed by atoms with van der Waals surface area (Å²) in [6.45, 7) is 0.646. The zero-order valence-electron chi connectivity index (χ0n) is 14.3. The summed E-state index contributed by atoms with van der Waals surface area (Å²) >= 11 is 9.73. The molecule has 0 aliphatic heterocycles. The number of nitrogens with zero attached hydrogens (tertiary/aromatic N) is 2. The topological polar surface area (TPSA) is 49.8 Å². The Morgan fingerprint density at radius 3 is 2.63 bits per heavy atom. The molecule has 4 rings (SSSR count). The summed E-state index contributed by atoms with van der Waals surface area (Å²) in [7, 11) is 0. The Hall–Kier alpha value is -2.63. The molecule has 1 heterocycles. The van der Waals surface area contributed by atoms with Gasteiger partial charge in [0.15, 0.2) is 0 Å². The van der Waals surface area contributed by atoms with Gasteiger partial charge in [-0.15, -0.1) is 0 Å². The molecule has 134 valence electrons. The van der Waals surface area contributed by atoms with Crippen LogP contribution < -0.4 is 10.6 Å². The lowest BCUT2D eigenvalue weighted by molar-refractivity contribution is 1.15. The Bertz CT molecular complexity index is 1100. The molecule has 0 radical (unpaired) electrons. The fourth-order valence-electron chi connectivity index (χ4n) is 2.81. The van der Waals surface area contributed by atoms with Gasteiger partial charge in [-0.1, -0.05) is 51.8 Å². The molecule has 0 spiro atoms. The number of halogens is 2. The number of fused-ring (bicyclic) bond motifs is 1. The second-order valence-electron chi connectivity index (χ2n) is 6.03. The Balaban J connectivity index is 1.62. The molecule has 0 unspecified atom stereocenters. The van der Waals surface area contributed by atoms with Crippen LogP contribution in [-0.2, 0) is 6.54 Å². The summed E-state index contributed by atoms with van der Waals surface area (Å²) < 4.78 is 1.01. The van der Waals surface area contributed by atoms with Gasteiger partial charge in [0.05, 0.1) is 5.52 Å². The zero-order chi connectivity index (χ0) is 18.6. The number of anilines is 3. The first kappa shape index (κ1) is 17.8. The van der Waals surface area contributed by atoms with Crippen molar-refractivity contribution in [2.24, 2.45) is 0 Å². The molecule has 4 aromatic rings. The summed E-state index contributed by atoms with van der Waals surface area (Å²) in [6, 6.07) is 21.8. The van der Waals surface area contributed by atoms with E-state index in [2.05, 4.69) is 36.5 Å². The van der Waals surface area contributed by atoms with Crippen molar-refractivity contribution < 1.29 is 0 Å². The number of benzene rings is 3. The van der Waals surface area contributed by atoms with Crippen molar-refractivity contribution in [3.05, 3.63) is 88.1 Å². The molecule has 4 nitrogen and oxygen atoms in total. The van der Waals surface area contributed by atoms with Gasteiger partial charge in [0.2, 0.25) is 0 Å². The van der Waals surface area contributed by atoms with E-state index in [1.165, 1.54) is 0 Å². The second-order valence-corrected chi connectivity index (χ2v) is 7.36. The molecule has 2 N–H and O–H groups in total. The molecule has 0 fully saturated rings. The Morgan fingerprint density at radius 2 is 1.78 bits per heavy atom. The SMILES string of the molecule is Clc1ccccc1CNc1ccc2ncnc(Nc3cccc(Br)c3)c2c1. The van der Waals surface area contributed by atoms with Crippen LogP contribution in [0, 0.1) is 0 Å². The maximum atomic E-state index is 6.24. The highest BCUT2D eigenvalue weighted by Gasteiger charge is 2.06. The van der Waals surface area contributed by atoms with Crippen molar-refractivity contribution in [3.8, 4) is 0 Å². The van der Waals surface area contributed by atoms with Crippen LogP contribution in [0.1, 0.15) is 5.56 Å². The van der Waals surface area contributed by atoms with E-state index >= 15 is 0 Å². The fraction of sp³-hybridized carbons (Fsp3) is 0.0476. The molecule has 0 amide bonds. The van der Waals surface area contributed by atoms with Gasteiger partial charge in [-0.2, -0.15) is 0 Å². The van der Waals surface area contributed by atoms with E-state index in [1.54, 1.807) is 6.33 Å². The Morgan fingerprint density at radius 1 is 0.889 bits per heavy atom. The average Bonchev–Trinajstić information content (AvgIpc) is 2.68. The van der Waals surface area contributed by atoms with Crippen LogP contribution in [0.2, 0.25) is 5.02 Å². The third-order valence-electron chi connectivity index (χ3n) is 4.16. The minimum Gasteiger partial charge on any atom is -0.381 e. The molecule has 6 heteroatoms. The van der Waals surface area contributed by atoms with E-state index in [9.17, 15) is 0 Å². The van der Waals surface area contributed by atoms with Crippen LogP contribution >= 0.6 is 27.5 Å². The molecular weight excluding hydrogens is 424 g/mol. The highest BCUT2D eigenvalue weighted by atomic mass is 79.9. The quantitative estimate of drug-likeness (QED) is 0.378. The smallest absolute Gasteiger partial charge is 0.141 e. The molecule has 0 bridgehead atoms. The largest absolute Gasteiger partial charge is 0.381 e. The minimum absolute atomic E-state index is 0.646. The van der Waals surface area contributed by atoms with E-state index in [4.69, 9.17) is 11.6 Å². The van der Waals surface area contributed by atoms with Gasteiger partial charge in [-0.25, -0.2) is 9.97 Å². The first-order valence-corrected chi connectivity index (χ1v) is 9.61. The fourth-order valence-corrected chi connectivity index (χ4v) is 3.41. The van der Waals surface area contributed by atoms with Crippen LogP contribution in [0.5, 0.6) is 0 Å². The van der Waals surface area contributed by atoms with E-state index in [-0.39, 0.29) is 0 Å². The highest BCUT2D eigenvalue weighted by molar-refractivity contribution is 9.10. The van der Waals surface area contributed by atoms with Crippen molar-refractivity contribution in [1.29, 1.82) is 0 Å². The van der Waals surface area contributed by atoms with Crippen molar-refractivity contribution in [2.75, 3.05) is 10.6 Å². The van der Waals surface area contributed by atoms with Gasteiger partial charge in [0, 0.05) is 32.8 Å². The van der Waals surface area contributed by atoms with Gasteiger partial charge in [0.1, 0.15) is 12.1 Å². The summed E-state index contributed by atoms with van der Waals surface area (Å²) in [6.07, 6.45) is 1.57. The van der Waals surface area contributed by atoms with Gasteiger partial charge in [0.25, 0.3) is 0 Å². The number of hydrogen-bond acceptors (Lipinski definition) is 4. The summed E-state index contributed by atoms with van der Waals surface area (Å²) in [5.41, 5.74) is 3.87. The highest BCUT2D eigenvalue weighted by Crippen LogP contribution is 2.27. The van der Waals surface area contributed by atoms with Crippen LogP contribution in [-0.4, -0.2) is 9.97 Å². The average molecular weight is 440 g/mol. The molecule has 1 aromatic heterocycles. The van der Waals surface area contributed by atoms with E-state index in [0.29, 0.717) is 6.54 Å². The molecule has 0 aliphatic rings. The lowest BCUT2D eigenvalue weighted by atomic mass is 10.2. The molecule has 0 saturated carbocycles. The maximum absolute atomic E-state index is 6.24. The Kier molecular flexibility index (Phi) is 5.23. The summed E-state index contributed by atoms with van der Waals surface area (Å²) in [5.74, 6) is 0.763. The van der Waals surface area contributed by atoms with Gasteiger partial charge in [-0.3, -0.25) is 0 Å². The summed E-state index contributed by atoms with van der Waals surface area (Å²) in [4.78, 5) is 8.78. The number of hydrogen-bond donors (Lipinski definition) is 2. The molecule has 27 heavy (non-hydrogen) atoms. The van der Waals surface area contributed by atoms with Crippen molar-refractivity contribution in [1.82, 2.24) is 9.97 Å². The second kappa shape index (κ2) is 7.94. The molecule has 3 aromatic carbocycles. The van der Waals surface area contributed by atoms with Crippen LogP contribution in [0.3, 0.4) is 0 Å². The summed E-state index contributed by atoms with van der Waals surface area (Å²) in [5, 5.41) is 8.49. The Labute approximate surface area is 170 Å². The third kappa shape index (κ3) is 4.21. The predicted octanol–water partition coefficient (Wildman–Crippen LogP) is 6.40. The van der Waals surface area contributed by atoms with Crippen LogP contribution in [0.4, 0.5) is 17.2 Å².